The Labute approximate surface area is 197 Å². The van der Waals surface area contributed by atoms with E-state index in [0.29, 0.717) is 5.56 Å². The number of benzene rings is 1. The fraction of sp³-hybridized carbons (Fsp3) is 0.640. The van der Waals surface area contributed by atoms with Crippen molar-refractivity contribution in [2.75, 3.05) is 0 Å². The topological polar surface area (TPSA) is 108 Å². The highest BCUT2D eigenvalue weighted by Crippen LogP contribution is 2.31. The van der Waals surface area contributed by atoms with Crippen LogP contribution in [0.1, 0.15) is 85.3 Å². The number of rotatable bonds is 7. The number of phenols is 1. The quantitative estimate of drug-likeness (QED) is 0.568. The zero-order chi connectivity index (χ0) is 24.8. The summed E-state index contributed by atoms with van der Waals surface area (Å²) in [5, 5.41) is 16.2. The summed E-state index contributed by atoms with van der Waals surface area (Å²) in [6.07, 6.45) is 4.33. The average Bonchev–Trinajstić information content (AvgIpc) is 2.71. The van der Waals surface area contributed by atoms with Gasteiger partial charge in [-0.3, -0.25) is 9.59 Å². The normalized spacial score (nSPS) is 16.6. The van der Waals surface area contributed by atoms with Crippen LogP contribution in [0.3, 0.4) is 0 Å². The highest BCUT2D eigenvalue weighted by atomic mass is 16.6. The van der Waals surface area contributed by atoms with E-state index >= 15 is 0 Å². The summed E-state index contributed by atoms with van der Waals surface area (Å²) in [5.41, 5.74) is -0.361. The summed E-state index contributed by atoms with van der Waals surface area (Å²) in [6, 6.07) is 4.24. The molecule has 8 heteroatoms. The SMILES string of the molecule is CC(NC(=O)OC(C)(C)C)C(=O)N(C(C)C)C(C(=O)NC1CCCCC1)c1ccccc1O. The van der Waals surface area contributed by atoms with Crippen LogP contribution in [-0.4, -0.2) is 51.6 Å². The maximum Gasteiger partial charge on any atom is 0.408 e. The molecule has 1 aliphatic carbocycles. The highest BCUT2D eigenvalue weighted by molar-refractivity contribution is 5.92. The Morgan fingerprint density at radius 1 is 1.06 bits per heavy atom. The number of para-hydroxylation sites is 1. The standard InChI is InChI=1S/C25H39N3O5/c1-16(2)28(23(31)17(3)26-24(32)33-25(4,5)6)21(19-14-10-11-15-20(19)29)22(30)27-18-12-8-7-9-13-18/h10-11,14-18,21,29H,7-9,12-13H2,1-6H3,(H,26,32)(H,27,30). The fourth-order valence-electron chi connectivity index (χ4n) is 4.11. The number of aromatic hydroxyl groups is 1. The van der Waals surface area contributed by atoms with Crippen molar-refractivity contribution < 1.29 is 24.2 Å². The molecule has 1 aromatic rings. The Bertz CT molecular complexity index is 828. The van der Waals surface area contributed by atoms with Crippen LogP contribution in [0.15, 0.2) is 24.3 Å². The van der Waals surface area contributed by atoms with Crippen molar-refractivity contribution in [1.82, 2.24) is 15.5 Å². The molecule has 0 spiro atoms. The minimum absolute atomic E-state index is 0.0426. The van der Waals surface area contributed by atoms with Gasteiger partial charge in [-0.05, 0) is 60.5 Å². The van der Waals surface area contributed by atoms with Crippen LogP contribution < -0.4 is 10.6 Å². The molecule has 2 unspecified atom stereocenters. The number of hydrogen-bond acceptors (Lipinski definition) is 5. The predicted molar refractivity (Wildman–Crippen MR) is 127 cm³/mol. The molecule has 0 aromatic heterocycles. The van der Waals surface area contributed by atoms with Gasteiger partial charge in [0.25, 0.3) is 0 Å². The second-order valence-electron chi connectivity index (χ2n) is 10.0. The molecule has 0 heterocycles. The molecular formula is C25H39N3O5. The van der Waals surface area contributed by atoms with Crippen molar-refractivity contribution in [1.29, 1.82) is 0 Å². The smallest absolute Gasteiger partial charge is 0.408 e. The van der Waals surface area contributed by atoms with Crippen molar-refractivity contribution in [3.05, 3.63) is 29.8 Å². The van der Waals surface area contributed by atoms with E-state index in [0.717, 1.165) is 32.1 Å². The average molecular weight is 462 g/mol. The molecule has 3 N–H and O–H groups in total. The van der Waals surface area contributed by atoms with Gasteiger partial charge in [-0.1, -0.05) is 37.5 Å². The number of nitrogens with one attached hydrogen (secondary N) is 2. The molecule has 1 fully saturated rings. The molecule has 0 aliphatic heterocycles. The Hall–Kier alpha value is -2.77. The van der Waals surface area contributed by atoms with E-state index < -0.39 is 29.7 Å². The van der Waals surface area contributed by atoms with Crippen LogP contribution in [0.25, 0.3) is 0 Å². The third-order valence-corrected chi connectivity index (χ3v) is 5.62. The fourth-order valence-corrected chi connectivity index (χ4v) is 4.11. The monoisotopic (exact) mass is 461 g/mol. The first-order chi connectivity index (χ1) is 15.4. The molecule has 1 saturated carbocycles. The number of carbonyl (C=O) groups excluding carboxylic acids is 3. The number of alkyl carbamates (subject to hydrolysis) is 1. The lowest BCUT2D eigenvalue weighted by Crippen LogP contribution is -2.55. The number of hydrogen-bond donors (Lipinski definition) is 3. The van der Waals surface area contributed by atoms with Gasteiger partial charge in [0.2, 0.25) is 11.8 Å². The van der Waals surface area contributed by atoms with Gasteiger partial charge in [0.1, 0.15) is 23.4 Å². The number of carbonyl (C=O) groups is 3. The lowest BCUT2D eigenvalue weighted by atomic mass is 9.94. The minimum atomic E-state index is -1.04. The minimum Gasteiger partial charge on any atom is -0.508 e. The molecule has 2 rings (SSSR count). The third kappa shape index (κ3) is 7.65. The number of phenolic OH excluding ortho intramolecular Hbond substituents is 1. The first-order valence-electron chi connectivity index (χ1n) is 11.8. The molecular weight excluding hydrogens is 422 g/mol. The van der Waals surface area contributed by atoms with Gasteiger partial charge in [0.15, 0.2) is 0 Å². The molecule has 0 saturated heterocycles. The van der Waals surface area contributed by atoms with Gasteiger partial charge in [0.05, 0.1) is 0 Å². The molecule has 2 atom stereocenters. The van der Waals surface area contributed by atoms with Gasteiger partial charge < -0.3 is 25.4 Å². The van der Waals surface area contributed by atoms with Crippen molar-refractivity contribution in [2.24, 2.45) is 0 Å². The summed E-state index contributed by atoms with van der Waals surface area (Å²) >= 11 is 0. The number of ether oxygens (including phenoxy) is 1. The van der Waals surface area contributed by atoms with Gasteiger partial charge in [-0.2, -0.15) is 0 Å². The van der Waals surface area contributed by atoms with Crippen LogP contribution in [0, 0.1) is 0 Å². The van der Waals surface area contributed by atoms with Crippen LogP contribution in [-0.2, 0) is 14.3 Å². The molecule has 8 nitrogen and oxygen atoms in total. The molecule has 3 amide bonds. The second kappa shape index (κ2) is 11.4. The van der Waals surface area contributed by atoms with E-state index in [1.54, 1.807) is 59.7 Å². The lowest BCUT2D eigenvalue weighted by Gasteiger charge is -2.37. The van der Waals surface area contributed by atoms with Gasteiger partial charge >= 0.3 is 6.09 Å². The summed E-state index contributed by atoms with van der Waals surface area (Å²) in [6.45, 7) is 10.4. The van der Waals surface area contributed by atoms with E-state index in [2.05, 4.69) is 10.6 Å². The first-order valence-corrected chi connectivity index (χ1v) is 11.8. The third-order valence-electron chi connectivity index (χ3n) is 5.62. The Kier molecular flexibility index (Phi) is 9.14. The predicted octanol–water partition coefficient (Wildman–Crippen LogP) is 4.03. The molecule has 1 aromatic carbocycles. The summed E-state index contributed by atoms with van der Waals surface area (Å²) in [7, 11) is 0. The van der Waals surface area contributed by atoms with Crippen LogP contribution in [0.4, 0.5) is 4.79 Å². The van der Waals surface area contributed by atoms with Gasteiger partial charge in [-0.15, -0.1) is 0 Å². The summed E-state index contributed by atoms with van der Waals surface area (Å²) < 4.78 is 5.27. The van der Waals surface area contributed by atoms with E-state index in [1.807, 2.05) is 0 Å². The number of amides is 3. The Balaban J connectivity index is 2.33. The maximum absolute atomic E-state index is 13.5. The van der Waals surface area contributed by atoms with E-state index in [9.17, 15) is 19.5 Å². The molecule has 184 valence electrons. The van der Waals surface area contributed by atoms with E-state index in [-0.39, 0.29) is 23.7 Å². The van der Waals surface area contributed by atoms with Crippen molar-refractivity contribution >= 4 is 17.9 Å². The maximum atomic E-state index is 13.5. The molecule has 1 aliphatic rings. The lowest BCUT2D eigenvalue weighted by molar-refractivity contribution is -0.144. The highest BCUT2D eigenvalue weighted by Gasteiger charge is 2.38. The first kappa shape index (κ1) is 26.5. The van der Waals surface area contributed by atoms with E-state index in [1.165, 1.54) is 11.0 Å². The van der Waals surface area contributed by atoms with Crippen molar-refractivity contribution in [2.45, 2.75) is 103 Å². The zero-order valence-electron chi connectivity index (χ0n) is 20.7. The zero-order valence-corrected chi connectivity index (χ0v) is 20.7. The van der Waals surface area contributed by atoms with E-state index in [4.69, 9.17) is 4.74 Å². The number of nitrogens with zero attached hydrogens (tertiary/aromatic N) is 1. The second-order valence-corrected chi connectivity index (χ2v) is 10.0. The van der Waals surface area contributed by atoms with Crippen molar-refractivity contribution in [3.8, 4) is 5.75 Å². The van der Waals surface area contributed by atoms with Crippen LogP contribution >= 0.6 is 0 Å². The Morgan fingerprint density at radius 2 is 1.67 bits per heavy atom. The van der Waals surface area contributed by atoms with Crippen LogP contribution in [0.5, 0.6) is 5.75 Å². The van der Waals surface area contributed by atoms with Gasteiger partial charge in [0, 0.05) is 17.6 Å². The van der Waals surface area contributed by atoms with Crippen LogP contribution in [0.2, 0.25) is 0 Å². The summed E-state index contributed by atoms with van der Waals surface area (Å²) in [4.78, 5) is 40.7. The van der Waals surface area contributed by atoms with Crippen molar-refractivity contribution in [3.63, 3.8) is 0 Å². The Morgan fingerprint density at radius 3 is 2.21 bits per heavy atom. The summed E-state index contributed by atoms with van der Waals surface area (Å²) in [5.74, 6) is -0.842. The molecule has 33 heavy (non-hydrogen) atoms. The molecule has 0 bridgehead atoms. The largest absolute Gasteiger partial charge is 0.508 e. The van der Waals surface area contributed by atoms with Gasteiger partial charge in [-0.25, -0.2) is 4.79 Å². The molecule has 0 radical (unpaired) electrons.